The molecule has 5 nitrogen and oxygen atoms in total. The number of nitrogens with one attached hydrogen (secondary N) is 1. The van der Waals surface area contributed by atoms with E-state index in [0.717, 1.165) is 12.8 Å². The lowest BCUT2D eigenvalue weighted by atomic mass is 9.95. The van der Waals surface area contributed by atoms with Gasteiger partial charge in [-0.1, -0.05) is 0 Å². The molecule has 1 atom stereocenters. The van der Waals surface area contributed by atoms with E-state index >= 15 is 0 Å². The summed E-state index contributed by atoms with van der Waals surface area (Å²) >= 11 is 0. The first kappa shape index (κ1) is 10.2. The first-order valence-electron chi connectivity index (χ1n) is 5.09. The van der Waals surface area contributed by atoms with Gasteiger partial charge >= 0.3 is 0 Å². The molecule has 0 bridgehead atoms. The fourth-order valence-corrected chi connectivity index (χ4v) is 1.94. The maximum atomic E-state index is 11.9. The highest BCUT2D eigenvalue weighted by atomic mass is 16.3. The third-order valence-electron chi connectivity index (χ3n) is 2.71. The van der Waals surface area contributed by atoms with Gasteiger partial charge in [-0.2, -0.15) is 5.10 Å². The van der Waals surface area contributed by atoms with Crippen molar-refractivity contribution < 1.29 is 9.90 Å². The molecule has 1 aromatic rings. The molecular formula is C10H15N3O2. The molecule has 1 aliphatic rings. The lowest BCUT2D eigenvalue weighted by Crippen LogP contribution is -2.48. The zero-order valence-corrected chi connectivity index (χ0v) is 8.73. The van der Waals surface area contributed by atoms with E-state index in [1.807, 2.05) is 0 Å². The summed E-state index contributed by atoms with van der Waals surface area (Å²) in [6.07, 6.45) is 4.68. The molecule has 1 saturated heterocycles. The van der Waals surface area contributed by atoms with Gasteiger partial charge < -0.3 is 10.0 Å². The molecule has 0 spiro atoms. The summed E-state index contributed by atoms with van der Waals surface area (Å²) < 4.78 is 0. The van der Waals surface area contributed by atoms with Gasteiger partial charge in [0.1, 0.15) is 0 Å². The maximum absolute atomic E-state index is 11.9. The molecule has 0 aliphatic carbocycles. The minimum Gasteiger partial charge on any atom is -0.388 e. The third-order valence-corrected chi connectivity index (χ3v) is 2.71. The quantitative estimate of drug-likeness (QED) is 0.703. The number of nitrogens with zero attached hydrogens (tertiary/aromatic N) is 2. The van der Waals surface area contributed by atoms with Crippen LogP contribution in [0.2, 0.25) is 0 Å². The molecule has 0 radical (unpaired) electrons. The fraction of sp³-hybridized carbons (Fsp3) is 0.600. The van der Waals surface area contributed by atoms with Crippen molar-refractivity contribution in [3.63, 3.8) is 0 Å². The Morgan fingerprint density at radius 1 is 1.73 bits per heavy atom. The summed E-state index contributed by atoms with van der Waals surface area (Å²) in [5, 5.41) is 16.2. The van der Waals surface area contributed by atoms with E-state index in [0.29, 0.717) is 18.7 Å². The number of β-amino-alcohol motifs (C(OH)–C–C–N with tert-alkyl or cyclic N) is 1. The van der Waals surface area contributed by atoms with Crippen LogP contribution in [-0.4, -0.2) is 44.8 Å². The van der Waals surface area contributed by atoms with Crippen LogP contribution < -0.4 is 0 Å². The van der Waals surface area contributed by atoms with Crippen LogP contribution in [0.3, 0.4) is 0 Å². The molecule has 1 amide bonds. The average Bonchev–Trinajstić information content (AvgIpc) is 2.67. The standard InChI is InChI=1S/C10H15N3O2/c1-10(15)3-2-4-13(7-10)9(14)8-5-11-12-6-8/h5-6,15H,2-4,7H2,1H3,(H,11,12). The van der Waals surface area contributed by atoms with Crippen molar-refractivity contribution in [2.45, 2.75) is 25.4 Å². The van der Waals surface area contributed by atoms with Crippen LogP contribution in [0.25, 0.3) is 0 Å². The van der Waals surface area contributed by atoms with Crippen molar-refractivity contribution in [1.82, 2.24) is 15.1 Å². The molecule has 2 heterocycles. The highest BCUT2D eigenvalue weighted by Gasteiger charge is 2.31. The highest BCUT2D eigenvalue weighted by Crippen LogP contribution is 2.21. The van der Waals surface area contributed by atoms with Crippen LogP contribution in [0, 0.1) is 0 Å². The van der Waals surface area contributed by atoms with Crippen LogP contribution in [0.4, 0.5) is 0 Å². The van der Waals surface area contributed by atoms with Gasteiger partial charge in [-0.25, -0.2) is 0 Å². The van der Waals surface area contributed by atoms with Gasteiger partial charge in [0.05, 0.1) is 17.4 Å². The number of hydrogen-bond acceptors (Lipinski definition) is 3. The zero-order valence-electron chi connectivity index (χ0n) is 8.73. The van der Waals surface area contributed by atoms with Crippen molar-refractivity contribution >= 4 is 5.91 Å². The predicted octanol–water partition coefficient (Wildman–Crippen LogP) is 0.397. The van der Waals surface area contributed by atoms with E-state index < -0.39 is 5.60 Å². The second-order valence-corrected chi connectivity index (χ2v) is 4.31. The fourth-order valence-electron chi connectivity index (χ4n) is 1.94. The smallest absolute Gasteiger partial charge is 0.257 e. The van der Waals surface area contributed by atoms with Gasteiger partial charge in [-0.05, 0) is 19.8 Å². The van der Waals surface area contributed by atoms with E-state index in [-0.39, 0.29) is 5.91 Å². The van der Waals surface area contributed by atoms with Crippen molar-refractivity contribution in [2.24, 2.45) is 0 Å². The molecule has 15 heavy (non-hydrogen) atoms. The molecule has 1 fully saturated rings. The molecule has 1 aliphatic heterocycles. The Morgan fingerprint density at radius 2 is 2.53 bits per heavy atom. The van der Waals surface area contributed by atoms with Crippen LogP contribution in [0.1, 0.15) is 30.1 Å². The normalized spacial score (nSPS) is 26.7. The molecule has 0 saturated carbocycles. The topological polar surface area (TPSA) is 69.2 Å². The summed E-state index contributed by atoms with van der Waals surface area (Å²) in [6, 6.07) is 0. The molecular weight excluding hydrogens is 194 g/mol. The first-order valence-corrected chi connectivity index (χ1v) is 5.09. The van der Waals surface area contributed by atoms with Crippen LogP contribution in [-0.2, 0) is 0 Å². The molecule has 1 aromatic heterocycles. The van der Waals surface area contributed by atoms with Crippen LogP contribution in [0.5, 0.6) is 0 Å². The van der Waals surface area contributed by atoms with Crippen molar-refractivity contribution in [3.05, 3.63) is 18.0 Å². The number of carbonyl (C=O) groups excluding carboxylic acids is 1. The van der Waals surface area contributed by atoms with Gasteiger partial charge in [0.15, 0.2) is 0 Å². The van der Waals surface area contributed by atoms with Crippen molar-refractivity contribution in [1.29, 1.82) is 0 Å². The van der Waals surface area contributed by atoms with Gasteiger partial charge in [0.25, 0.3) is 5.91 Å². The summed E-state index contributed by atoms with van der Waals surface area (Å²) in [5.74, 6) is -0.0660. The number of aliphatic hydroxyl groups is 1. The van der Waals surface area contributed by atoms with Gasteiger partial charge in [-0.3, -0.25) is 9.89 Å². The second kappa shape index (κ2) is 3.66. The number of piperidine rings is 1. The second-order valence-electron chi connectivity index (χ2n) is 4.31. The lowest BCUT2D eigenvalue weighted by molar-refractivity contribution is -0.0107. The Morgan fingerprint density at radius 3 is 3.13 bits per heavy atom. The van der Waals surface area contributed by atoms with E-state index in [4.69, 9.17) is 0 Å². The third kappa shape index (κ3) is 2.18. The Balaban J connectivity index is 2.08. The van der Waals surface area contributed by atoms with E-state index in [9.17, 15) is 9.90 Å². The van der Waals surface area contributed by atoms with Gasteiger partial charge in [0, 0.05) is 19.3 Å². The van der Waals surface area contributed by atoms with Crippen LogP contribution >= 0.6 is 0 Å². The highest BCUT2D eigenvalue weighted by molar-refractivity contribution is 5.93. The SMILES string of the molecule is CC1(O)CCCN(C(=O)c2cn[nH]c2)C1. The summed E-state index contributed by atoms with van der Waals surface area (Å²) in [4.78, 5) is 13.6. The summed E-state index contributed by atoms with van der Waals surface area (Å²) in [6.45, 7) is 2.87. The van der Waals surface area contributed by atoms with Gasteiger partial charge in [0.2, 0.25) is 0 Å². The first-order chi connectivity index (χ1) is 7.08. The lowest BCUT2D eigenvalue weighted by Gasteiger charge is -2.36. The minimum absolute atomic E-state index is 0.0660. The molecule has 1 unspecified atom stereocenters. The largest absolute Gasteiger partial charge is 0.388 e. The van der Waals surface area contributed by atoms with Crippen molar-refractivity contribution in [2.75, 3.05) is 13.1 Å². The number of carbonyl (C=O) groups is 1. The number of aromatic amines is 1. The molecule has 2 rings (SSSR count). The van der Waals surface area contributed by atoms with Crippen LogP contribution in [0.15, 0.2) is 12.4 Å². The van der Waals surface area contributed by atoms with E-state index in [1.165, 1.54) is 6.20 Å². The summed E-state index contributed by atoms with van der Waals surface area (Å²) in [7, 11) is 0. The van der Waals surface area contributed by atoms with Gasteiger partial charge in [-0.15, -0.1) is 0 Å². The average molecular weight is 209 g/mol. The molecule has 5 heteroatoms. The number of hydrogen-bond donors (Lipinski definition) is 2. The molecule has 82 valence electrons. The number of amides is 1. The summed E-state index contributed by atoms with van der Waals surface area (Å²) in [5.41, 5.74) is -0.204. The Kier molecular flexibility index (Phi) is 2.48. The number of likely N-dealkylation sites (tertiary alicyclic amines) is 1. The minimum atomic E-state index is -0.752. The Hall–Kier alpha value is -1.36. The molecule has 0 aromatic carbocycles. The predicted molar refractivity (Wildman–Crippen MR) is 54.3 cm³/mol. The molecule has 2 N–H and O–H groups in total. The maximum Gasteiger partial charge on any atom is 0.257 e. The number of aromatic nitrogens is 2. The number of rotatable bonds is 1. The van der Waals surface area contributed by atoms with E-state index in [1.54, 1.807) is 18.0 Å². The monoisotopic (exact) mass is 209 g/mol. The van der Waals surface area contributed by atoms with Crippen molar-refractivity contribution in [3.8, 4) is 0 Å². The Bertz CT molecular complexity index is 346. The number of H-pyrrole nitrogens is 1. The zero-order chi connectivity index (χ0) is 10.9. The Labute approximate surface area is 88.1 Å². The van der Waals surface area contributed by atoms with E-state index in [2.05, 4.69) is 10.2 Å².